The lowest BCUT2D eigenvalue weighted by Gasteiger charge is -2.07. The van der Waals surface area contributed by atoms with Gasteiger partial charge in [0.25, 0.3) is 0 Å². The summed E-state index contributed by atoms with van der Waals surface area (Å²) >= 11 is 0. The molecule has 3 rings (SSSR count). The molecule has 6 heteroatoms. The van der Waals surface area contributed by atoms with E-state index in [-0.39, 0.29) is 0 Å². The second-order valence-electron chi connectivity index (χ2n) is 3.97. The molecule has 2 heterocycles. The SMILES string of the molecule is COc1ccc(Oc2ccc(-n3cncn3)cc2)cn1. The van der Waals surface area contributed by atoms with Crippen molar-refractivity contribution in [2.45, 2.75) is 0 Å². The summed E-state index contributed by atoms with van der Waals surface area (Å²) in [6, 6.07) is 11.1. The van der Waals surface area contributed by atoms with Crippen LogP contribution in [0.1, 0.15) is 0 Å². The molecular weight excluding hydrogens is 256 g/mol. The van der Waals surface area contributed by atoms with Crippen molar-refractivity contribution in [3.05, 3.63) is 55.2 Å². The van der Waals surface area contributed by atoms with Crippen LogP contribution in [-0.2, 0) is 0 Å². The van der Waals surface area contributed by atoms with Gasteiger partial charge in [0.2, 0.25) is 5.88 Å². The molecule has 0 saturated carbocycles. The van der Waals surface area contributed by atoms with Crippen LogP contribution in [0.5, 0.6) is 17.4 Å². The predicted molar refractivity (Wildman–Crippen MR) is 72.2 cm³/mol. The normalized spacial score (nSPS) is 10.2. The van der Waals surface area contributed by atoms with Crippen LogP contribution in [0.25, 0.3) is 5.69 Å². The Kier molecular flexibility index (Phi) is 3.28. The Bertz CT molecular complexity index is 663. The van der Waals surface area contributed by atoms with Gasteiger partial charge in [0.15, 0.2) is 0 Å². The monoisotopic (exact) mass is 268 g/mol. The van der Waals surface area contributed by atoms with E-state index in [1.165, 1.54) is 6.33 Å². The number of hydrogen-bond donors (Lipinski definition) is 0. The summed E-state index contributed by atoms with van der Waals surface area (Å²) in [5, 5.41) is 4.06. The molecule has 3 aromatic rings. The van der Waals surface area contributed by atoms with Gasteiger partial charge in [-0.1, -0.05) is 0 Å². The van der Waals surface area contributed by atoms with Crippen LogP contribution in [0.2, 0.25) is 0 Å². The molecule has 100 valence electrons. The number of nitrogens with zero attached hydrogens (tertiary/aromatic N) is 4. The molecule has 0 saturated heterocycles. The fraction of sp³-hybridized carbons (Fsp3) is 0.0714. The highest BCUT2D eigenvalue weighted by Gasteiger charge is 2.01. The molecule has 0 bridgehead atoms. The minimum atomic E-state index is 0.555. The number of methoxy groups -OCH3 is 1. The van der Waals surface area contributed by atoms with Crippen molar-refractivity contribution in [3.8, 4) is 23.1 Å². The third-order valence-corrected chi connectivity index (χ3v) is 2.67. The van der Waals surface area contributed by atoms with Crippen LogP contribution in [0.4, 0.5) is 0 Å². The minimum Gasteiger partial charge on any atom is -0.481 e. The zero-order valence-electron chi connectivity index (χ0n) is 10.8. The maximum Gasteiger partial charge on any atom is 0.213 e. The topological polar surface area (TPSA) is 62.1 Å². The van der Waals surface area contributed by atoms with Gasteiger partial charge in [0.05, 0.1) is 19.0 Å². The van der Waals surface area contributed by atoms with Gasteiger partial charge in [-0.2, -0.15) is 5.10 Å². The lowest BCUT2D eigenvalue weighted by Crippen LogP contribution is -1.94. The number of pyridine rings is 1. The summed E-state index contributed by atoms with van der Waals surface area (Å²) in [6.07, 6.45) is 4.75. The van der Waals surface area contributed by atoms with Gasteiger partial charge in [-0.15, -0.1) is 0 Å². The molecule has 0 fully saturated rings. The van der Waals surface area contributed by atoms with Crippen molar-refractivity contribution in [1.29, 1.82) is 0 Å². The van der Waals surface area contributed by atoms with Crippen LogP contribution in [-0.4, -0.2) is 26.9 Å². The average Bonchev–Trinajstić information content (AvgIpc) is 3.03. The molecule has 0 aliphatic heterocycles. The number of benzene rings is 1. The quantitative estimate of drug-likeness (QED) is 0.727. The highest BCUT2D eigenvalue weighted by Crippen LogP contribution is 2.22. The Morgan fingerprint density at radius 1 is 1.00 bits per heavy atom. The average molecular weight is 268 g/mol. The number of ether oxygens (including phenoxy) is 2. The third-order valence-electron chi connectivity index (χ3n) is 2.67. The Balaban J connectivity index is 1.74. The molecule has 0 atom stereocenters. The fourth-order valence-corrected chi connectivity index (χ4v) is 1.69. The number of aromatic nitrogens is 4. The van der Waals surface area contributed by atoms with E-state index in [9.17, 15) is 0 Å². The first-order valence-corrected chi connectivity index (χ1v) is 5.98. The molecule has 2 aromatic heterocycles. The van der Waals surface area contributed by atoms with Crippen LogP contribution < -0.4 is 9.47 Å². The van der Waals surface area contributed by atoms with Crippen LogP contribution >= 0.6 is 0 Å². The number of rotatable bonds is 4. The predicted octanol–water partition coefficient (Wildman–Crippen LogP) is 2.46. The Morgan fingerprint density at radius 3 is 2.40 bits per heavy atom. The molecule has 6 nitrogen and oxygen atoms in total. The van der Waals surface area contributed by atoms with E-state index in [0.29, 0.717) is 11.6 Å². The Morgan fingerprint density at radius 2 is 1.80 bits per heavy atom. The van der Waals surface area contributed by atoms with Gasteiger partial charge in [0.1, 0.15) is 24.2 Å². The van der Waals surface area contributed by atoms with Crippen molar-refractivity contribution in [2.24, 2.45) is 0 Å². The molecule has 0 radical (unpaired) electrons. The summed E-state index contributed by atoms with van der Waals surface area (Å²) in [7, 11) is 1.58. The molecule has 20 heavy (non-hydrogen) atoms. The third kappa shape index (κ3) is 2.59. The minimum absolute atomic E-state index is 0.555. The van der Waals surface area contributed by atoms with E-state index in [1.54, 1.807) is 36.4 Å². The second kappa shape index (κ2) is 5.40. The van der Waals surface area contributed by atoms with E-state index < -0.39 is 0 Å². The zero-order chi connectivity index (χ0) is 13.8. The molecule has 1 aromatic carbocycles. The Hall–Kier alpha value is -2.89. The lowest BCUT2D eigenvalue weighted by atomic mass is 10.3. The molecular formula is C14H12N4O2. The van der Waals surface area contributed by atoms with E-state index in [0.717, 1.165) is 11.4 Å². The second-order valence-corrected chi connectivity index (χ2v) is 3.97. The standard InChI is InChI=1S/C14H12N4O2/c1-19-14-7-6-13(8-16-14)20-12-4-2-11(3-5-12)18-10-15-9-17-18/h2-10H,1H3. The van der Waals surface area contributed by atoms with Crippen molar-refractivity contribution in [2.75, 3.05) is 7.11 Å². The zero-order valence-corrected chi connectivity index (χ0v) is 10.8. The summed E-state index contributed by atoms with van der Waals surface area (Å²) < 4.78 is 12.4. The highest BCUT2D eigenvalue weighted by molar-refractivity contribution is 5.38. The molecule has 0 aliphatic carbocycles. The van der Waals surface area contributed by atoms with Crippen molar-refractivity contribution < 1.29 is 9.47 Å². The van der Waals surface area contributed by atoms with E-state index in [4.69, 9.17) is 9.47 Å². The number of hydrogen-bond acceptors (Lipinski definition) is 5. The largest absolute Gasteiger partial charge is 0.481 e. The lowest BCUT2D eigenvalue weighted by molar-refractivity contribution is 0.395. The van der Waals surface area contributed by atoms with Gasteiger partial charge in [-0.25, -0.2) is 14.6 Å². The van der Waals surface area contributed by atoms with Crippen LogP contribution in [0.15, 0.2) is 55.2 Å². The van der Waals surface area contributed by atoms with Crippen molar-refractivity contribution in [3.63, 3.8) is 0 Å². The summed E-state index contributed by atoms with van der Waals surface area (Å²) in [4.78, 5) is 7.99. The van der Waals surface area contributed by atoms with Crippen molar-refractivity contribution >= 4 is 0 Å². The van der Waals surface area contributed by atoms with E-state index >= 15 is 0 Å². The first kappa shape index (κ1) is 12.2. The van der Waals surface area contributed by atoms with E-state index in [1.807, 2.05) is 24.3 Å². The van der Waals surface area contributed by atoms with E-state index in [2.05, 4.69) is 15.1 Å². The van der Waals surface area contributed by atoms with Gasteiger partial charge < -0.3 is 9.47 Å². The highest BCUT2D eigenvalue weighted by atomic mass is 16.5. The molecule has 0 unspecified atom stereocenters. The van der Waals surface area contributed by atoms with Crippen LogP contribution in [0.3, 0.4) is 0 Å². The molecule has 0 spiro atoms. The Labute approximate surface area is 115 Å². The van der Waals surface area contributed by atoms with Crippen LogP contribution in [0, 0.1) is 0 Å². The van der Waals surface area contributed by atoms with Crippen molar-refractivity contribution in [1.82, 2.24) is 19.7 Å². The summed E-state index contributed by atoms with van der Waals surface area (Å²) in [6.45, 7) is 0. The smallest absolute Gasteiger partial charge is 0.213 e. The van der Waals surface area contributed by atoms with Gasteiger partial charge in [-0.3, -0.25) is 0 Å². The van der Waals surface area contributed by atoms with Gasteiger partial charge >= 0.3 is 0 Å². The summed E-state index contributed by atoms with van der Waals surface area (Å²) in [5.41, 5.74) is 0.919. The first-order chi connectivity index (χ1) is 9.85. The van der Waals surface area contributed by atoms with Gasteiger partial charge in [0, 0.05) is 6.07 Å². The molecule has 0 aliphatic rings. The molecule has 0 N–H and O–H groups in total. The fourth-order valence-electron chi connectivity index (χ4n) is 1.69. The maximum atomic E-state index is 5.69. The first-order valence-electron chi connectivity index (χ1n) is 5.98. The maximum absolute atomic E-state index is 5.69. The molecule has 0 amide bonds. The van der Waals surface area contributed by atoms with Gasteiger partial charge in [-0.05, 0) is 30.3 Å². The summed E-state index contributed by atoms with van der Waals surface area (Å²) in [5.74, 6) is 1.93.